The Kier molecular flexibility index (Phi) is 25.2. The average molecular weight is 1530 g/mol. The highest BCUT2D eigenvalue weighted by atomic mass is 35.5. The molecule has 540 valence electrons. The Bertz CT molecular complexity index is 4550. The number of hydrogen-bond acceptors (Lipinski definition) is 12. The van der Waals surface area contributed by atoms with Crippen molar-refractivity contribution in [2.45, 2.75) is 110 Å². The molecule has 0 radical (unpaired) electrons. The number of primary amides is 1. The van der Waals surface area contributed by atoms with E-state index in [4.69, 9.17) is 96.9 Å². The summed E-state index contributed by atoms with van der Waals surface area (Å²) in [7, 11) is 0. The molecular formula is C81H86Cl7N9O6. The number of Topliss-reactive ketones (excluding diaryl/α,β-unsaturated/α-hetero) is 1. The molecule has 22 heteroatoms. The number of aliphatic hydroxyl groups excluding tert-OH is 4. The molecule has 4 saturated carbocycles. The number of fused-ring (bicyclic) bond motifs is 2. The molecule has 0 aliphatic heterocycles. The van der Waals surface area contributed by atoms with Crippen LogP contribution in [0.2, 0.25) is 35.2 Å². The lowest BCUT2D eigenvalue weighted by molar-refractivity contribution is -0.119. The third-order valence-electron chi connectivity index (χ3n) is 20.6. The largest absolute Gasteiger partial charge is 0.395 e. The van der Waals surface area contributed by atoms with Crippen molar-refractivity contribution in [3.63, 3.8) is 0 Å². The highest BCUT2D eigenvalue weighted by molar-refractivity contribution is 6.43. The molecule has 4 aliphatic carbocycles. The van der Waals surface area contributed by atoms with Crippen molar-refractivity contribution in [2.75, 3.05) is 62.4 Å². The standard InChI is InChI=1S/C46H52Cl3N5O3.C35H34Cl4N4O3/c1-29-16-30(2-9-38(29)47)26-53(27-31-3-10-39(48)40(49)20-31)43(22-44(50)57)36-6-11-42-41(21-36)51-45(35-4-7-37(8-5-35)52(12-14-55)13-15-56)54(42)28-46-23-32-17-33(24-46)19-34(18-32)25-46;1-22(46)16-32(40-20-23-2-9-28(36)30(38)17-23)26-6-11-34-33(19-26)41-35(43(34)21-24-3-10-29(37)31(39)18-24)25-4-7-27(8-5-25)42(12-14-44)13-15-45/h2-11,16,20-21,32-34,43,55-56H,12-15,17-19,22-28H2,1H3,(H2,50,57);2-11,17-19,32,40,44-45H,12-16,20-21H2,1H3. The minimum atomic E-state index is -0.393. The van der Waals surface area contributed by atoms with Crippen LogP contribution in [0.25, 0.3) is 44.8 Å². The van der Waals surface area contributed by atoms with E-state index in [0.29, 0.717) is 93.9 Å². The average Bonchev–Trinajstić information content (AvgIpc) is 1.36. The molecule has 8 aromatic carbocycles. The van der Waals surface area contributed by atoms with Gasteiger partial charge in [0, 0.05) is 111 Å². The van der Waals surface area contributed by atoms with Gasteiger partial charge in [0.25, 0.3) is 0 Å². The van der Waals surface area contributed by atoms with E-state index in [1.807, 2.05) is 108 Å². The van der Waals surface area contributed by atoms with Gasteiger partial charge in [0.2, 0.25) is 5.91 Å². The summed E-state index contributed by atoms with van der Waals surface area (Å²) in [4.78, 5) is 41.9. The van der Waals surface area contributed by atoms with E-state index in [-0.39, 0.29) is 56.1 Å². The van der Waals surface area contributed by atoms with E-state index >= 15 is 0 Å². The maximum Gasteiger partial charge on any atom is 0.219 e. The number of aryl methyl sites for hydroxylation is 1. The summed E-state index contributed by atoms with van der Waals surface area (Å²) in [5.74, 6) is 3.83. The van der Waals surface area contributed by atoms with Crippen LogP contribution in [-0.4, -0.2) is 109 Å². The first-order chi connectivity index (χ1) is 49.6. The monoisotopic (exact) mass is 1530 g/mol. The number of rotatable bonds is 30. The molecule has 4 aliphatic rings. The van der Waals surface area contributed by atoms with Gasteiger partial charge in [-0.05, 0) is 230 Å². The molecule has 2 heterocycles. The zero-order valence-corrected chi connectivity index (χ0v) is 63.0. The van der Waals surface area contributed by atoms with Crippen LogP contribution in [-0.2, 0) is 42.3 Å². The molecule has 2 atom stereocenters. The first kappa shape index (κ1) is 75.9. The number of benzene rings is 8. The second-order valence-corrected chi connectivity index (χ2v) is 31.0. The van der Waals surface area contributed by atoms with E-state index in [2.05, 4.69) is 67.9 Å². The van der Waals surface area contributed by atoms with Gasteiger partial charge in [-0.3, -0.25) is 14.5 Å². The number of nitrogens with one attached hydrogen (secondary N) is 1. The van der Waals surface area contributed by atoms with Gasteiger partial charge >= 0.3 is 0 Å². The Morgan fingerprint density at radius 1 is 0.524 bits per heavy atom. The number of nitrogens with two attached hydrogens (primary N) is 1. The molecule has 2 aromatic heterocycles. The zero-order chi connectivity index (χ0) is 72.6. The molecule has 14 rings (SSSR count). The number of hydrogen-bond donors (Lipinski definition) is 6. The number of carbonyl (C=O) groups is 2. The van der Waals surface area contributed by atoms with E-state index < -0.39 is 5.91 Å². The molecule has 4 fully saturated rings. The Balaban J connectivity index is 0.000000199. The van der Waals surface area contributed by atoms with Gasteiger partial charge in [-0.2, -0.15) is 0 Å². The Morgan fingerprint density at radius 2 is 0.961 bits per heavy atom. The number of aromatic nitrogens is 4. The first-order valence-electron chi connectivity index (χ1n) is 35.1. The number of nitrogens with zero attached hydrogens (tertiary/aromatic N) is 7. The predicted octanol–water partition coefficient (Wildman–Crippen LogP) is 17.6. The van der Waals surface area contributed by atoms with Gasteiger partial charge in [0.05, 0.1) is 78.6 Å². The Hall–Kier alpha value is -6.77. The van der Waals surface area contributed by atoms with Crippen molar-refractivity contribution in [3.8, 4) is 22.8 Å². The molecule has 103 heavy (non-hydrogen) atoms. The van der Waals surface area contributed by atoms with Crippen LogP contribution in [0.15, 0.2) is 158 Å². The van der Waals surface area contributed by atoms with Gasteiger partial charge in [0.1, 0.15) is 17.4 Å². The SMILES string of the molecule is CC(=O)CC(NCc1ccc(Cl)c(Cl)c1)c1ccc2c(c1)nc(-c1ccc(N(CCO)CCO)cc1)n2Cc1ccc(Cl)c(Cl)c1.Cc1cc(CN(Cc2ccc(Cl)c(Cl)c2)C(CC(N)=O)c2ccc3c(c2)nc(-c2ccc(N(CCO)CCO)cc2)n3CC23CC4CC(CC(C4)C2)C3)ccc1Cl. The van der Waals surface area contributed by atoms with E-state index in [0.717, 1.165) is 119 Å². The molecule has 15 nitrogen and oxygen atoms in total. The smallest absolute Gasteiger partial charge is 0.219 e. The lowest BCUT2D eigenvalue weighted by Crippen LogP contribution is -2.47. The van der Waals surface area contributed by atoms with Crippen LogP contribution in [0.3, 0.4) is 0 Å². The molecule has 2 unspecified atom stereocenters. The first-order valence-corrected chi connectivity index (χ1v) is 37.8. The van der Waals surface area contributed by atoms with Gasteiger partial charge in [-0.25, -0.2) is 9.97 Å². The van der Waals surface area contributed by atoms with Crippen molar-refractivity contribution in [1.29, 1.82) is 0 Å². The van der Waals surface area contributed by atoms with Crippen molar-refractivity contribution in [2.24, 2.45) is 28.9 Å². The summed E-state index contributed by atoms with van der Waals surface area (Å²) < 4.78 is 4.60. The van der Waals surface area contributed by atoms with E-state index in [9.17, 15) is 30.0 Å². The van der Waals surface area contributed by atoms with Crippen molar-refractivity contribution >= 4 is 126 Å². The summed E-state index contributed by atoms with van der Waals surface area (Å²) in [5, 5.41) is 45.4. The molecule has 4 bridgehead atoms. The Morgan fingerprint density at radius 3 is 1.45 bits per heavy atom. The summed E-state index contributed by atoms with van der Waals surface area (Å²) in [5.41, 5.74) is 20.5. The minimum absolute atomic E-state index is 0.00586. The third kappa shape index (κ3) is 18.4. The second kappa shape index (κ2) is 34.2. The van der Waals surface area contributed by atoms with Gasteiger partial charge in [-0.1, -0.05) is 124 Å². The normalized spacial score (nSPS) is 17.4. The maximum atomic E-state index is 12.9. The number of anilines is 2. The van der Waals surface area contributed by atoms with Crippen molar-refractivity contribution in [1.82, 2.24) is 29.3 Å². The molecule has 0 spiro atoms. The van der Waals surface area contributed by atoms with Crippen LogP contribution >= 0.6 is 81.2 Å². The van der Waals surface area contributed by atoms with Crippen LogP contribution < -0.4 is 20.9 Å². The van der Waals surface area contributed by atoms with Crippen LogP contribution in [0.4, 0.5) is 11.4 Å². The minimum Gasteiger partial charge on any atom is -0.395 e. The second-order valence-electron chi connectivity index (χ2n) is 28.2. The summed E-state index contributed by atoms with van der Waals surface area (Å²) in [6, 6.07) is 51.0. The fraction of sp³-hybridized carbons (Fsp3) is 0.358. The molecule has 1 amide bonds. The van der Waals surface area contributed by atoms with Crippen LogP contribution in [0.1, 0.15) is 109 Å². The van der Waals surface area contributed by atoms with Gasteiger partial charge < -0.3 is 50.4 Å². The Labute approximate surface area is 637 Å². The molecule has 7 N–H and O–H groups in total. The predicted molar refractivity (Wildman–Crippen MR) is 419 cm³/mol. The van der Waals surface area contributed by atoms with Gasteiger partial charge in [0.15, 0.2) is 0 Å². The summed E-state index contributed by atoms with van der Waals surface area (Å²) in [6.07, 6.45) is 8.41. The lowest BCUT2D eigenvalue weighted by Gasteiger charge is -2.57. The van der Waals surface area contributed by atoms with E-state index in [1.54, 1.807) is 25.1 Å². The number of carbonyl (C=O) groups excluding carboxylic acids is 2. The quantitative estimate of drug-likeness (QED) is 0.0249. The number of aliphatic hydroxyl groups is 4. The highest BCUT2D eigenvalue weighted by Gasteiger charge is 2.51. The third-order valence-corrected chi connectivity index (χ3v) is 23.3. The van der Waals surface area contributed by atoms with Crippen molar-refractivity contribution < 1.29 is 30.0 Å². The van der Waals surface area contributed by atoms with E-state index in [1.165, 1.54) is 38.5 Å². The molecular weight excluding hydrogens is 1440 g/mol. The number of amides is 1. The zero-order valence-electron chi connectivity index (χ0n) is 57.7. The number of ketones is 1. The van der Waals surface area contributed by atoms with Gasteiger partial charge in [-0.15, -0.1) is 0 Å². The summed E-state index contributed by atoms with van der Waals surface area (Å²) >= 11 is 44.2. The fourth-order valence-electron chi connectivity index (χ4n) is 16.3. The number of halogens is 7. The molecule has 10 aromatic rings. The topological polar surface area (TPSA) is 198 Å². The fourth-order valence-corrected chi connectivity index (χ4v) is 17.4. The maximum absolute atomic E-state index is 12.9. The number of imidazole rings is 2. The van der Waals surface area contributed by atoms with Crippen LogP contribution in [0, 0.1) is 30.1 Å². The molecule has 0 saturated heterocycles. The van der Waals surface area contributed by atoms with Crippen molar-refractivity contribution in [3.05, 3.63) is 232 Å². The lowest BCUT2D eigenvalue weighted by atomic mass is 9.49. The summed E-state index contributed by atoms with van der Waals surface area (Å²) in [6.45, 7) is 8.23. The van der Waals surface area contributed by atoms with Crippen LogP contribution in [0.5, 0.6) is 0 Å². The highest BCUT2D eigenvalue weighted by Crippen LogP contribution is 2.61.